The largest absolute Gasteiger partial charge is 0.395 e. The van der Waals surface area contributed by atoms with E-state index in [0.29, 0.717) is 5.56 Å². The fourth-order valence-electron chi connectivity index (χ4n) is 5.29. The molecule has 1 unspecified atom stereocenters. The average Bonchev–Trinajstić information content (AvgIpc) is 3.03. The summed E-state index contributed by atoms with van der Waals surface area (Å²) in [6, 6.07) is 12.8. The minimum absolute atomic E-state index is 0.0390. The van der Waals surface area contributed by atoms with Crippen LogP contribution in [0.25, 0.3) is 6.08 Å². The van der Waals surface area contributed by atoms with Crippen molar-refractivity contribution in [1.29, 1.82) is 0 Å². The molecule has 4 rings (SSSR count). The minimum Gasteiger partial charge on any atom is -0.274 e. The molecular weight excluding hydrogens is 451 g/mol. The zero-order valence-corrected chi connectivity index (χ0v) is 20.3. The summed E-state index contributed by atoms with van der Waals surface area (Å²) in [6.45, 7) is 6.22. The maximum Gasteiger partial charge on any atom is 0.395 e. The Morgan fingerprint density at radius 2 is 1.66 bits per heavy atom. The van der Waals surface area contributed by atoms with Crippen molar-refractivity contribution in [2.45, 2.75) is 58.5 Å². The first kappa shape index (κ1) is 25.0. The smallest absolute Gasteiger partial charge is 0.274 e. The van der Waals surface area contributed by atoms with Gasteiger partial charge in [-0.1, -0.05) is 68.0 Å². The number of hydrogen-bond donors (Lipinski definition) is 0. The first-order chi connectivity index (χ1) is 16.5. The highest BCUT2D eigenvalue weighted by atomic mass is 19.4. The predicted octanol–water partition coefficient (Wildman–Crippen LogP) is 7.56. The SMILES string of the molecule is CC1=C(/C=C/c2cccc(C(CCN3C(=O)c4ccccc4C3=O)C(F)(F)F)c2)C(C)(C)CCC1. The van der Waals surface area contributed by atoms with Crippen molar-refractivity contribution in [3.05, 3.63) is 88.0 Å². The van der Waals surface area contributed by atoms with Crippen molar-refractivity contribution < 1.29 is 22.8 Å². The van der Waals surface area contributed by atoms with Crippen LogP contribution in [0, 0.1) is 5.41 Å². The molecule has 6 heteroatoms. The molecule has 1 aliphatic carbocycles. The van der Waals surface area contributed by atoms with E-state index in [-0.39, 0.29) is 35.1 Å². The Morgan fingerprint density at radius 3 is 2.26 bits per heavy atom. The zero-order chi connectivity index (χ0) is 25.4. The number of nitrogens with zero attached hydrogens (tertiary/aromatic N) is 1. The molecule has 0 fully saturated rings. The molecule has 0 aromatic heterocycles. The summed E-state index contributed by atoms with van der Waals surface area (Å²) in [7, 11) is 0. The molecule has 2 aromatic carbocycles. The standard InChI is InChI=1S/C29H30F3NO2/c1-19-8-7-16-28(2,3)24(19)14-13-20-9-6-10-21(18-20)25(29(30,31)32)15-17-33-26(34)22-11-4-5-12-23(22)27(33)35/h4-6,9-14,18,25H,7-8,15-17H2,1-3H3/b14-13+. The van der Waals surface area contributed by atoms with Gasteiger partial charge in [-0.15, -0.1) is 0 Å². The van der Waals surface area contributed by atoms with Gasteiger partial charge in [-0.25, -0.2) is 0 Å². The normalized spacial score (nSPS) is 19.0. The van der Waals surface area contributed by atoms with Crippen LogP contribution in [-0.4, -0.2) is 29.4 Å². The Bertz CT molecular complexity index is 1170. The molecule has 0 radical (unpaired) electrons. The number of amides is 2. The van der Waals surface area contributed by atoms with Gasteiger partial charge in [0.25, 0.3) is 11.8 Å². The van der Waals surface area contributed by atoms with Gasteiger partial charge in [-0.05, 0) is 66.9 Å². The van der Waals surface area contributed by atoms with E-state index in [1.165, 1.54) is 29.3 Å². The quantitative estimate of drug-likeness (QED) is 0.399. The van der Waals surface area contributed by atoms with Crippen molar-refractivity contribution in [2.75, 3.05) is 6.54 Å². The van der Waals surface area contributed by atoms with Crippen LogP contribution in [0.5, 0.6) is 0 Å². The van der Waals surface area contributed by atoms with Crippen LogP contribution in [-0.2, 0) is 0 Å². The summed E-state index contributed by atoms with van der Waals surface area (Å²) in [5.74, 6) is -2.86. The van der Waals surface area contributed by atoms with Gasteiger partial charge in [0, 0.05) is 6.54 Å². The number of benzene rings is 2. The summed E-state index contributed by atoms with van der Waals surface area (Å²) in [6.07, 6.45) is 2.29. The molecule has 1 aliphatic heterocycles. The molecule has 0 bridgehead atoms. The number of carbonyl (C=O) groups is 2. The van der Waals surface area contributed by atoms with Gasteiger partial charge in [0.15, 0.2) is 0 Å². The molecule has 2 aromatic rings. The number of alkyl halides is 3. The van der Waals surface area contributed by atoms with Crippen LogP contribution in [0.4, 0.5) is 13.2 Å². The molecule has 184 valence electrons. The molecule has 35 heavy (non-hydrogen) atoms. The van der Waals surface area contributed by atoms with Gasteiger partial charge in [-0.2, -0.15) is 13.2 Å². The molecule has 0 saturated carbocycles. The number of halogens is 3. The lowest BCUT2D eigenvalue weighted by Crippen LogP contribution is -2.33. The van der Waals surface area contributed by atoms with Crippen LogP contribution >= 0.6 is 0 Å². The van der Waals surface area contributed by atoms with Crippen molar-refractivity contribution in [3.63, 3.8) is 0 Å². The van der Waals surface area contributed by atoms with Crippen LogP contribution in [0.2, 0.25) is 0 Å². The van der Waals surface area contributed by atoms with E-state index in [2.05, 4.69) is 20.8 Å². The molecule has 2 amide bonds. The monoisotopic (exact) mass is 481 g/mol. The summed E-state index contributed by atoms with van der Waals surface area (Å²) < 4.78 is 42.3. The van der Waals surface area contributed by atoms with Crippen molar-refractivity contribution in [2.24, 2.45) is 5.41 Å². The van der Waals surface area contributed by atoms with E-state index in [9.17, 15) is 22.8 Å². The summed E-state index contributed by atoms with van der Waals surface area (Å²) in [4.78, 5) is 26.1. The Morgan fingerprint density at radius 1 is 1.00 bits per heavy atom. The zero-order valence-electron chi connectivity index (χ0n) is 20.3. The van der Waals surface area contributed by atoms with E-state index < -0.39 is 23.9 Å². The fourth-order valence-corrected chi connectivity index (χ4v) is 5.29. The van der Waals surface area contributed by atoms with Crippen molar-refractivity contribution in [3.8, 4) is 0 Å². The lowest BCUT2D eigenvalue weighted by atomic mass is 9.72. The summed E-state index contributed by atoms with van der Waals surface area (Å²) >= 11 is 0. The minimum atomic E-state index is -4.51. The number of carbonyl (C=O) groups excluding carboxylic acids is 2. The second-order valence-corrected chi connectivity index (χ2v) is 10.1. The lowest BCUT2D eigenvalue weighted by molar-refractivity contribution is -0.152. The number of hydrogen-bond acceptors (Lipinski definition) is 2. The number of rotatable bonds is 6. The Kier molecular flexibility index (Phi) is 6.76. The Labute approximate surface area is 204 Å². The number of imide groups is 1. The highest BCUT2D eigenvalue weighted by molar-refractivity contribution is 6.21. The first-order valence-corrected chi connectivity index (χ1v) is 12.0. The lowest BCUT2D eigenvalue weighted by Gasteiger charge is -2.33. The van der Waals surface area contributed by atoms with Gasteiger partial charge >= 0.3 is 6.18 Å². The maximum atomic E-state index is 14.1. The molecule has 3 nitrogen and oxygen atoms in total. The van der Waals surface area contributed by atoms with E-state index in [4.69, 9.17) is 0 Å². The molecule has 1 atom stereocenters. The highest BCUT2D eigenvalue weighted by Crippen LogP contribution is 2.41. The molecule has 0 N–H and O–H groups in total. The topological polar surface area (TPSA) is 37.4 Å². The molecule has 0 saturated heterocycles. The highest BCUT2D eigenvalue weighted by Gasteiger charge is 2.42. The van der Waals surface area contributed by atoms with E-state index in [1.807, 2.05) is 12.2 Å². The maximum absolute atomic E-state index is 14.1. The molecular formula is C29H30F3NO2. The van der Waals surface area contributed by atoms with Gasteiger partial charge in [-0.3, -0.25) is 14.5 Å². The number of fused-ring (bicyclic) bond motifs is 1. The van der Waals surface area contributed by atoms with Crippen molar-refractivity contribution >= 4 is 17.9 Å². The Hall–Kier alpha value is -3.15. The molecule has 2 aliphatic rings. The Balaban J connectivity index is 1.55. The second kappa shape index (κ2) is 9.48. The third kappa shape index (κ3) is 5.12. The summed E-state index contributed by atoms with van der Waals surface area (Å²) in [5.41, 5.74) is 3.91. The van der Waals surface area contributed by atoms with Crippen LogP contribution in [0.3, 0.4) is 0 Å². The third-order valence-electron chi connectivity index (χ3n) is 7.21. The second-order valence-electron chi connectivity index (χ2n) is 10.1. The van der Waals surface area contributed by atoms with Gasteiger partial charge in [0.2, 0.25) is 0 Å². The van der Waals surface area contributed by atoms with Crippen LogP contribution in [0.1, 0.15) is 84.2 Å². The van der Waals surface area contributed by atoms with Gasteiger partial charge in [0.05, 0.1) is 17.0 Å². The first-order valence-electron chi connectivity index (χ1n) is 12.0. The van der Waals surface area contributed by atoms with Crippen LogP contribution < -0.4 is 0 Å². The van der Waals surface area contributed by atoms with E-state index in [0.717, 1.165) is 24.2 Å². The molecule has 1 heterocycles. The van der Waals surface area contributed by atoms with E-state index in [1.54, 1.807) is 30.3 Å². The van der Waals surface area contributed by atoms with Crippen molar-refractivity contribution in [1.82, 2.24) is 4.90 Å². The van der Waals surface area contributed by atoms with E-state index >= 15 is 0 Å². The predicted molar refractivity (Wildman–Crippen MR) is 131 cm³/mol. The fraction of sp³-hybridized carbons (Fsp3) is 0.379. The molecule has 0 spiro atoms. The number of allylic oxidation sites excluding steroid dienone is 3. The summed E-state index contributed by atoms with van der Waals surface area (Å²) in [5, 5.41) is 0. The van der Waals surface area contributed by atoms with Gasteiger partial charge in [0.1, 0.15) is 0 Å². The average molecular weight is 482 g/mol. The van der Waals surface area contributed by atoms with Gasteiger partial charge < -0.3 is 0 Å². The third-order valence-corrected chi connectivity index (χ3v) is 7.21. The van der Waals surface area contributed by atoms with Crippen LogP contribution in [0.15, 0.2) is 65.8 Å².